The number of ether oxygens (including phenoxy) is 1. The van der Waals surface area contributed by atoms with Gasteiger partial charge in [0.05, 0.1) is 12.0 Å². The van der Waals surface area contributed by atoms with E-state index in [4.69, 9.17) is 9.84 Å². The van der Waals surface area contributed by atoms with Crippen LogP contribution in [-0.4, -0.2) is 44.0 Å². The molecule has 1 aromatic carbocycles. The summed E-state index contributed by atoms with van der Waals surface area (Å²) in [6.07, 6.45) is 0.542. The molecule has 0 spiro atoms. The number of carboxylic acid groups (broad SMARTS) is 1. The summed E-state index contributed by atoms with van der Waals surface area (Å²) >= 11 is 0. The largest absolute Gasteiger partial charge is 0.496 e. The normalized spacial score (nSPS) is 11.7. The molecular formula is C14H21NO5S. The number of sulfonamides is 1. The van der Waals surface area contributed by atoms with Gasteiger partial charge in [-0.1, -0.05) is 6.92 Å². The highest BCUT2D eigenvalue weighted by atomic mass is 32.2. The molecule has 0 aliphatic carbocycles. The van der Waals surface area contributed by atoms with E-state index in [1.54, 1.807) is 20.8 Å². The zero-order valence-corrected chi connectivity index (χ0v) is 13.5. The molecule has 0 aliphatic heterocycles. The molecule has 0 radical (unpaired) electrons. The number of methoxy groups -OCH3 is 1. The zero-order chi connectivity index (χ0) is 16.2. The maximum Gasteiger partial charge on any atom is 0.318 e. The van der Waals surface area contributed by atoms with E-state index >= 15 is 0 Å². The molecular weight excluding hydrogens is 294 g/mol. The first-order chi connectivity index (χ1) is 9.73. The predicted molar refractivity (Wildman–Crippen MR) is 79.2 cm³/mol. The van der Waals surface area contributed by atoms with Gasteiger partial charge in [0.15, 0.2) is 0 Å². The quantitative estimate of drug-likeness (QED) is 0.829. The minimum Gasteiger partial charge on any atom is -0.496 e. The van der Waals surface area contributed by atoms with E-state index in [-0.39, 0.29) is 11.4 Å². The second-order valence-corrected chi connectivity index (χ2v) is 6.76. The van der Waals surface area contributed by atoms with Crippen LogP contribution >= 0.6 is 0 Å². The lowest BCUT2D eigenvalue weighted by atomic mass is 10.1. The molecule has 118 valence electrons. The Balaban J connectivity index is 3.31. The minimum atomic E-state index is -3.83. The molecule has 1 aromatic rings. The Morgan fingerprint density at radius 3 is 2.19 bits per heavy atom. The van der Waals surface area contributed by atoms with Crippen LogP contribution in [0.25, 0.3) is 0 Å². The van der Waals surface area contributed by atoms with Crippen molar-refractivity contribution in [2.45, 2.75) is 32.1 Å². The number of aliphatic carboxylic acids is 1. The maximum atomic E-state index is 12.6. The number of nitrogens with zero attached hydrogens (tertiary/aromatic N) is 1. The Bertz CT molecular complexity index is 601. The molecule has 1 rings (SSSR count). The second kappa shape index (κ2) is 6.91. The van der Waals surface area contributed by atoms with Gasteiger partial charge < -0.3 is 9.84 Å². The van der Waals surface area contributed by atoms with Gasteiger partial charge in [0.2, 0.25) is 10.0 Å². The third kappa shape index (κ3) is 3.95. The topological polar surface area (TPSA) is 83.9 Å². The van der Waals surface area contributed by atoms with Crippen molar-refractivity contribution in [2.24, 2.45) is 0 Å². The van der Waals surface area contributed by atoms with Gasteiger partial charge in [-0.2, -0.15) is 4.31 Å². The summed E-state index contributed by atoms with van der Waals surface area (Å²) in [5, 5.41) is 8.89. The number of carbonyl (C=O) groups is 1. The fourth-order valence-electron chi connectivity index (χ4n) is 2.21. The van der Waals surface area contributed by atoms with Gasteiger partial charge in [-0.15, -0.1) is 0 Å². The summed E-state index contributed by atoms with van der Waals surface area (Å²) in [5.74, 6) is -0.539. The highest BCUT2D eigenvalue weighted by Gasteiger charge is 2.27. The molecule has 0 saturated heterocycles. The lowest BCUT2D eigenvalue weighted by molar-refractivity contribution is -0.137. The molecule has 1 N–H and O–H groups in total. The molecule has 6 nitrogen and oxygen atoms in total. The van der Waals surface area contributed by atoms with Crippen LogP contribution in [0.4, 0.5) is 0 Å². The Morgan fingerprint density at radius 2 is 1.81 bits per heavy atom. The summed E-state index contributed by atoms with van der Waals surface area (Å²) in [6.45, 7) is 4.94. The van der Waals surface area contributed by atoms with Crippen molar-refractivity contribution >= 4 is 16.0 Å². The molecule has 0 heterocycles. The van der Waals surface area contributed by atoms with Gasteiger partial charge in [0.25, 0.3) is 0 Å². The van der Waals surface area contributed by atoms with E-state index in [1.807, 2.05) is 0 Å². The van der Waals surface area contributed by atoms with Gasteiger partial charge in [-0.05, 0) is 43.5 Å². The summed E-state index contributed by atoms with van der Waals surface area (Å²) < 4.78 is 31.4. The van der Waals surface area contributed by atoms with Crippen molar-refractivity contribution in [3.8, 4) is 5.75 Å². The predicted octanol–water partition coefficient (Wildman–Crippen LogP) is 1.80. The van der Waals surface area contributed by atoms with Crippen molar-refractivity contribution in [2.75, 3.05) is 20.2 Å². The van der Waals surface area contributed by atoms with Crippen molar-refractivity contribution in [1.82, 2.24) is 4.31 Å². The second-order valence-electron chi connectivity index (χ2n) is 4.82. The average Bonchev–Trinajstić information content (AvgIpc) is 2.37. The highest BCUT2D eigenvalue weighted by molar-refractivity contribution is 7.89. The third-order valence-electron chi connectivity index (χ3n) is 3.06. The lowest BCUT2D eigenvalue weighted by Gasteiger charge is -2.21. The molecule has 0 fully saturated rings. The van der Waals surface area contributed by atoms with Crippen LogP contribution in [0.3, 0.4) is 0 Å². The fourth-order valence-corrected chi connectivity index (χ4v) is 3.87. The van der Waals surface area contributed by atoms with Crippen molar-refractivity contribution < 1.29 is 23.1 Å². The third-order valence-corrected chi connectivity index (χ3v) is 4.88. The van der Waals surface area contributed by atoms with Crippen LogP contribution in [0, 0.1) is 13.8 Å². The van der Waals surface area contributed by atoms with Gasteiger partial charge in [-0.3, -0.25) is 4.79 Å². The molecule has 0 saturated carbocycles. The first-order valence-electron chi connectivity index (χ1n) is 6.61. The smallest absolute Gasteiger partial charge is 0.318 e. The Labute approximate surface area is 125 Å². The number of carboxylic acids is 1. The van der Waals surface area contributed by atoms with E-state index in [2.05, 4.69) is 0 Å². The monoisotopic (exact) mass is 315 g/mol. The van der Waals surface area contributed by atoms with E-state index in [0.717, 1.165) is 4.31 Å². The van der Waals surface area contributed by atoms with Crippen molar-refractivity contribution in [3.05, 3.63) is 23.3 Å². The summed E-state index contributed by atoms with van der Waals surface area (Å²) in [6, 6.07) is 3.01. The minimum absolute atomic E-state index is 0.0907. The maximum absolute atomic E-state index is 12.6. The first-order valence-corrected chi connectivity index (χ1v) is 8.05. The number of rotatable bonds is 7. The lowest BCUT2D eigenvalue weighted by Crippen LogP contribution is -2.36. The highest BCUT2D eigenvalue weighted by Crippen LogP contribution is 2.28. The standard InChI is InChI=1S/C14H21NO5S/c1-5-6-15(9-13(16)17)21(18,19)12-7-10(2)14(20-4)11(3)8-12/h7-8H,5-6,9H2,1-4H3,(H,16,17). The Hall–Kier alpha value is -1.60. The SMILES string of the molecule is CCCN(CC(=O)O)S(=O)(=O)c1cc(C)c(OC)c(C)c1. The number of hydrogen-bond acceptors (Lipinski definition) is 4. The molecule has 0 amide bonds. The molecule has 0 unspecified atom stereocenters. The summed E-state index contributed by atoms with van der Waals surface area (Å²) in [4.78, 5) is 11.0. The molecule has 21 heavy (non-hydrogen) atoms. The molecule has 7 heteroatoms. The number of benzene rings is 1. The Morgan fingerprint density at radius 1 is 1.29 bits per heavy atom. The van der Waals surface area contributed by atoms with Crippen LogP contribution in [0.5, 0.6) is 5.75 Å². The van der Waals surface area contributed by atoms with Crippen LogP contribution < -0.4 is 4.74 Å². The van der Waals surface area contributed by atoms with Crippen molar-refractivity contribution in [1.29, 1.82) is 0 Å². The van der Waals surface area contributed by atoms with Gasteiger partial charge in [-0.25, -0.2) is 8.42 Å². The molecule has 0 aromatic heterocycles. The first kappa shape index (κ1) is 17.5. The molecule has 0 aliphatic rings. The van der Waals surface area contributed by atoms with Gasteiger partial charge in [0.1, 0.15) is 12.3 Å². The van der Waals surface area contributed by atoms with E-state index < -0.39 is 22.5 Å². The number of aryl methyl sites for hydroxylation is 2. The number of hydrogen-bond donors (Lipinski definition) is 1. The average molecular weight is 315 g/mol. The summed E-state index contributed by atoms with van der Waals surface area (Å²) in [5.41, 5.74) is 1.39. The molecule has 0 atom stereocenters. The van der Waals surface area contributed by atoms with Gasteiger partial charge in [0, 0.05) is 6.54 Å². The summed E-state index contributed by atoms with van der Waals surface area (Å²) in [7, 11) is -2.31. The van der Waals surface area contributed by atoms with Gasteiger partial charge >= 0.3 is 5.97 Å². The zero-order valence-electron chi connectivity index (χ0n) is 12.7. The van der Waals surface area contributed by atoms with Crippen LogP contribution in [0.2, 0.25) is 0 Å². The van der Waals surface area contributed by atoms with E-state index in [9.17, 15) is 13.2 Å². The molecule has 0 bridgehead atoms. The Kier molecular flexibility index (Phi) is 5.74. The van der Waals surface area contributed by atoms with E-state index in [0.29, 0.717) is 23.3 Å². The van der Waals surface area contributed by atoms with Crippen LogP contribution in [0.1, 0.15) is 24.5 Å². The fraction of sp³-hybridized carbons (Fsp3) is 0.500. The van der Waals surface area contributed by atoms with Crippen LogP contribution in [-0.2, 0) is 14.8 Å². The van der Waals surface area contributed by atoms with E-state index in [1.165, 1.54) is 19.2 Å². The van der Waals surface area contributed by atoms with Crippen LogP contribution in [0.15, 0.2) is 17.0 Å². The van der Waals surface area contributed by atoms with Crippen molar-refractivity contribution in [3.63, 3.8) is 0 Å².